The van der Waals surface area contributed by atoms with Gasteiger partial charge in [0.15, 0.2) is 0 Å². The van der Waals surface area contributed by atoms with Crippen LogP contribution in [0.4, 0.5) is 10.5 Å². The molecule has 112 valence electrons. The number of amides is 1. The summed E-state index contributed by atoms with van der Waals surface area (Å²) < 4.78 is 10.5. The molecule has 20 heavy (non-hydrogen) atoms. The number of ether oxygens (including phenoxy) is 2. The molecule has 1 aromatic rings. The van der Waals surface area contributed by atoms with Crippen molar-refractivity contribution in [1.82, 2.24) is 0 Å². The first-order chi connectivity index (χ1) is 9.35. The molecule has 1 aromatic carbocycles. The van der Waals surface area contributed by atoms with Gasteiger partial charge < -0.3 is 9.47 Å². The Balaban J connectivity index is 2.84. The Hall–Kier alpha value is -1.23. The van der Waals surface area contributed by atoms with Gasteiger partial charge in [-0.25, -0.2) is 4.79 Å². The summed E-state index contributed by atoms with van der Waals surface area (Å²) in [6.07, 6.45) is 1.40. The Kier molecular flexibility index (Phi) is 6.33. The van der Waals surface area contributed by atoms with Crippen LogP contribution in [0.3, 0.4) is 0 Å². The standard InChI is InChI=1S/C15H22BrNO3/c1-15(2,3)20-14(18)17-13-8-7-12(19-4)10-11(13)6-5-9-16/h7-8,10H,5-6,9H2,1-4H3,(H,17,18). The van der Waals surface area contributed by atoms with Crippen LogP contribution in [0, 0.1) is 0 Å². The van der Waals surface area contributed by atoms with E-state index in [0.29, 0.717) is 0 Å². The van der Waals surface area contributed by atoms with Gasteiger partial charge >= 0.3 is 6.09 Å². The van der Waals surface area contributed by atoms with Crippen molar-refractivity contribution < 1.29 is 14.3 Å². The summed E-state index contributed by atoms with van der Waals surface area (Å²) in [5, 5.41) is 3.71. The number of benzene rings is 1. The van der Waals surface area contributed by atoms with Gasteiger partial charge in [-0.15, -0.1) is 0 Å². The summed E-state index contributed by atoms with van der Waals surface area (Å²) in [7, 11) is 1.63. The minimum atomic E-state index is -0.507. The zero-order valence-electron chi connectivity index (χ0n) is 12.5. The summed E-state index contributed by atoms with van der Waals surface area (Å²) in [6, 6.07) is 5.60. The fraction of sp³-hybridized carbons (Fsp3) is 0.533. The molecule has 0 saturated carbocycles. The largest absolute Gasteiger partial charge is 0.497 e. The van der Waals surface area contributed by atoms with Crippen LogP contribution in [0.1, 0.15) is 32.8 Å². The molecule has 1 N–H and O–H groups in total. The van der Waals surface area contributed by atoms with E-state index in [1.54, 1.807) is 7.11 Å². The number of hydrogen-bond acceptors (Lipinski definition) is 3. The predicted molar refractivity (Wildman–Crippen MR) is 85.0 cm³/mol. The summed E-state index contributed by atoms with van der Waals surface area (Å²) in [4.78, 5) is 11.8. The minimum Gasteiger partial charge on any atom is -0.497 e. The molecule has 5 heteroatoms. The van der Waals surface area contributed by atoms with Crippen LogP contribution < -0.4 is 10.1 Å². The Bertz CT molecular complexity index is 455. The second-order valence-electron chi connectivity index (χ2n) is 5.44. The number of carbonyl (C=O) groups is 1. The van der Waals surface area contributed by atoms with Gasteiger partial charge in [0.25, 0.3) is 0 Å². The Labute approximate surface area is 129 Å². The maximum atomic E-state index is 11.8. The molecule has 0 atom stereocenters. The first kappa shape index (κ1) is 16.8. The highest BCUT2D eigenvalue weighted by atomic mass is 79.9. The van der Waals surface area contributed by atoms with Gasteiger partial charge in [-0.1, -0.05) is 15.9 Å². The summed E-state index contributed by atoms with van der Waals surface area (Å²) in [6.45, 7) is 5.52. The van der Waals surface area contributed by atoms with Crippen LogP contribution in [-0.2, 0) is 11.2 Å². The average molecular weight is 344 g/mol. The molecule has 0 bridgehead atoms. The van der Waals surface area contributed by atoms with Crippen LogP contribution in [-0.4, -0.2) is 24.1 Å². The van der Waals surface area contributed by atoms with Crippen LogP contribution >= 0.6 is 15.9 Å². The lowest BCUT2D eigenvalue weighted by Gasteiger charge is -2.20. The highest BCUT2D eigenvalue weighted by Gasteiger charge is 2.17. The predicted octanol–water partition coefficient (Wildman–Crippen LogP) is 4.37. The number of alkyl halides is 1. The van der Waals surface area contributed by atoms with E-state index >= 15 is 0 Å². The SMILES string of the molecule is COc1ccc(NC(=O)OC(C)(C)C)c(CCCBr)c1. The Morgan fingerprint density at radius 3 is 2.60 bits per heavy atom. The molecule has 0 spiro atoms. The maximum absolute atomic E-state index is 11.8. The highest BCUT2D eigenvalue weighted by Crippen LogP contribution is 2.24. The molecule has 0 radical (unpaired) electrons. The zero-order chi connectivity index (χ0) is 15.2. The summed E-state index contributed by atoms with van der Waals surface area (Å²) in [5.41, 5.74) is 1.29. The first-order valence-corrected chi connectivity index (χ1v) is 7.71. The van der Waals surface area contributed by atoms with Gasteiger partial charge in [0.1, 0.15) is 11.4 Å². The monoisotopic (exact) mass is 343 g/mol. The van der Waals surface area contributed by atoms with Crippen molar-refractivity contribution in [2.24, 2.45) is 0 Å². The third-order valence-corrected chi connectivity index (χ3v) is 3.09. The van der Waals surface area contributed by atoms with Crippen LogP contribution in [0.5, 0.6) is 5.75 Å². The zero-order valence-corrected chi connectivity index (χ0v) is 14.0. The van der Waals surface area contributed by atoms with Gasteiger partial charge in [0, 0.05) is 11.0 Å². The van der Waals surface area contributed by atoms with E-state index in [9.17, 15) is 4.79 Å². The van der Waals surface area contributed by atoms with Crippen molar-refractivity contribution >= 4 is 27.7 Å². The van der Waals surface area contributed by atoms with Crippen LogP contribution in [0.25, 0.3) is 0 Å². The molecule has 0 aliphatic heterocycles. The molecule has 0 aromatic heterocycles. The van der Waals surface area contributed by atoms with Crippen molar-refractivity contribution in [1.29, 1.82) is 0 Å². The van der Waals surface area contributed by atoms with Gasteiger partial charge in [-0.3, -0.25) is 5.32 Å². The molecule has 0 saturated heterocycles. The topological polar surface area (TPSA) is 47.6 Å². The third kappa shape index (κ3) is 5.82. The number of halogens is 1. The van der Waals surface area contributed by atoms with E-state index in [4.69, 9.17) is 9.47 Å². The number of nitrogens with one attached hydrogen (secondary N) is 1. The van der Waals surface area contributed by atoms with Crippen LogP contribution in [0.15, 0.2) is 18.2 Å². The fourth-order valence-electron chi connectivity index (χ4n) is 1.70. The summed E-state index contributed by atoms with van der Waals surface area (Å²) >= 11 is 3.41. The van der Waals surface area contributed by atoms with E-state index in [2.05, 4.69) is 21.2 Å². The molecule has 0 aliphatic carbocycles. The Morgan fingerprint density at radius 2 is 2.05 bits per heavy atom. The number of hydrogen-bond donors (Lipinski definition) is 1. The first-order valence-electron chi connectivity index (χ1n) is 6.58. The van der Waals surface area contributed by atoms with Crippen LogP contribution in [0.2, 0.25) is 0 Å². The number of rotatable bonds is 5. The summed E-state index contributed by atoms with van der Waals surface area (Å²) in [5.74, 6) is 0.782. The number of methoxy groups -OCH3 is 1. The molecular formula is C15H22BrNO3. The van der Waals surface area contributed by atoms with E-state index in [1.807, 2.05) is 39.0 Å². The Morgan fingerprint density at radius 1 is 1.35 bits per heavy atom. The fourth-order valence-corrected chi connectivity index (χ4v) is 1.98. The van der Waals surface area contributed by atoms with Crippen molar-refractivity contribution in [3.8, 4) is 5.75 Å². The van der Waals surface area contributed by atoms with Gasteiger partial charge in [0.05, 0.1) is 7.11 Å². The highest BCUT2D eigenvalue weighted by molar-refractivity contribution is 9.09. The molecule has 0 unspecified atom stereocenters. The lowest BCUT2D eigenvalue weighted by atomic mass is 10.1. The lowest BCUT2D eigenvalue weighted by Crippen LogP contribution is -2.27. The number of anilines is 1. The lowest BCUT2D eigenvalue weighted by molar-refractivity contribution is 0.0636. The van der Waals surface area contributed by atoms with Crippen molar-refractivity contribution in [2.75, 3.05) is 17.8 Å². The molecule has 4 nitrogen and oxygen atoms in total. The maximum Gasteiger partial charge on any atom is 0.412 e. The second kappa shape index (κ2) is 7.53. The smallest absolute Gasteiger partial charge is 0.412 e. The second-order valence-corrected chi connectivity index (χ2v) is 6.24. The molecule has 0 heterocycles. The number of aryl methyl sites for hydroxylation is 1. The van der Waals surface area contributed by atoms with E-state index in [-0.39, 0.29) is 0 Å². The van der Waals surface area contributed by atoms with Gasteiger partial charge in [-0.2, -0.15) is 0 Å². The van der Waals surface area contributed by atoms with E-state index < -0.39 is 11.7 Å². The quantitative estimate of drug-likeness (QED) is 0.807. The van der Waals surface area contributed by atoms with Crippen molar-refractivity contribution in [3.05, 3.63) is 23.8 Å². The van der Waals surface area contributed by atoms with E-state index in [0.717, 1.165) is 35.2 Å². The molecule has 0 fully saturated rings. The average Bonchev–Trinajstić information content (AvgIpc) is 2.35. The molecule has 1 rings (SSSR count). The van der Waals surface area contributed by atoms with Gasteiger partial charge in [0.2, 0.25) is 0 Å². The normalized spacial score (nSPS) is 11.1. The minimum absolute atomic E-state index is 0.442. The number of carbonyl (C=O) groups excluding carboxylic acids is 1. The molecule has 1 amide bonds. The van der Waals surface area contributed by atoms with E-state index in [1.165, 1.54) is 0 Å². The van der Waals surface area contributed by atoms with Crippen molar-refractivity contribution in [2.45, 2.75) is 39.2 Å². The van der Waals surface area contributed by atoms with Crippen molar-refractivity contribution in [3.63, 3.8) is 0 Å². The van der Waals surface area contributed by atoms with Gasteiger partial charge in [-0.05, 0) is 57.4 Å². The molecule has 0 aliphatic rings. The third-order valence-electron chi connectivity index (χ3n) is 2.53. The molecular weight excluding hydrogens is 322 g/mol.